The van der Waals surface area contributed by atoms with Gasteiger partial charge < -0.3 is 10.2 Å². The van der Waals surface area contributed by atoms with Gasteiger partial charge in [-0.1, -0.05) is 11.6 Å². The third-order valence-electron chi connectivity index (χ3n) is 2.98. The van der Waals surface area contributed by atoms with Gasteiger partial charge in [0, 0.05) is 26.1 Å². The van der Waals surface area contributed by atoms with Crippen molar-refractivity contribution in [3.63, 3.8) is 0 Å². The highest BCUT2D eigenvalue weighted by molar-refractivity contribution is 6.30. The van der Waals surface area contributed by atoms with Gasteiger partial charge in [0.2, 0.25) is 5.91 Å². The normalized spacial score (nSPS) is 18.8. The van der Waals surface area contributed by atoms with E-state index < -0.39 is 0 Å². The molecule has 2 heterocycles. The molecular formula is C12H14ClN5O. The Labute approximate surface area is 116 Å². The van der Waals surface area contributed by atoms with Crippen LogP contribution in [0.15, 0.2) is 6.20 Å². The SMILES string of the molecule is CC(=O)N[C@@H]1CCCN(c2cnc(C#N)c(Cl)n2)C1. The zero-order valence-electron chi connectivity index (χ0n) is 10.6. The van der Waals surface area contributed by atoms with Gasteiger partial charge in [-0.05, 0) is 12.8 Å². The summed E-state index contributed by atoms with van der Waals surface area (Å²) >= 11 is 5.88. The number of nitriles is 1. The molecule has 2 rings (SSSR count). The minimum absolute atomic E-state index is 0.0317. The molecule has 1 saturated heterocycles. The third-order valence-corrected chi connectivity index (χ3v) is 3.24. The zero-order valence-corrected chi connectivity index (χ0v) is 11.3. The van der Waals surface area contributed by atoms with E-state index in [-0.39, 0.29) is 22.8 Å². The molecule has 0 radical (unpaired) electrons. The number of rotatable bonds is 2. The molecule has 1 aromatic heterocycles. The van der Waals surface area contributed by atoms with Crippen molar-refractivity contribution >= 4 is 23.3 Å². The van der Waals surface area contributed by atoms with Crippen molar-refractivity contribution in [1.29, 1.82) is 5.26 Å². The smallest absolute Gasteiger partial charge is 0.217 e. The van der Waals surface area contributed by atoms with E-state index in [1.165, 1.54) is 6.92 Å². The van der Waals surface area contributed by atoms with Crippen molar-refractivity contribution in [2.24, 2.45) is 0 Å². The van der Waals surface area contributed by atoms with E-state index in [0.717, 1.165) is 19.4 Å². The maximum absolute atomic E-state index is 11.1. The largest absolute Gasteiger partial charge is 0.353 e. The molecule has 0 unspecified atom stereocenters. The Kier molecular flexibility index (Phi) is 4.17. The second-order valence-corrected chi connectivity index (χ2v) is 4.82. The number of anilines is 1. The number of nitrogens with one attached hydrogen (secondary N) is 1. The van der Waals surface area contributed by atoms with Gasteiger partial charge in [0.05, 0.1) is 6.20 Å². The fourth-order valence-corrected chi connectivity index (χ4v) is 2.35. The Morgan fingerprint density at radius 3 is 3.11 bits per heavy atom. The number of carbonyl (C=O) groups excluding carboxylic acids is 1. The maximum atomic E-state index is 11.1. The molecule has 19 heavy (non-hydrogen) atoms. The van der Waals surface area contributed by atoms with Gasteiger partial charge in [0.1, 0.15) is 11.9 Å². The number of hydrogen-bond donors (Lipinski definition) is 1. The summed E-state index contributed by atoms with van der Waals surface area (Å²) in [6.07, 6.45) is 3.46. The average Bonchev–Trinajstić information content (AvgIpc) is 2.38. The number of aromatic nitrogens is 2. The number of carbonyl (C=O) groups is 1. The lowest BCUT2D eigenvalue weighted by Gasteiger charge is -2.33. The van der Waals surface area contributed by atoms with Crippen molar-refractivity contribution < 1.29 is 4.79 Å². The highest BCUT2D eigenvalue weighted by atomic mass is 35.5. The minimum atomic E-state index is -0.0317. The van der Waals surface area contributed by atoms with Crippen LogP contribution in [-0.2, 0) is 4.79 Å². The van der Waals surface area contributed by atoms with Crippen LogP contribution in [0.1, 0.15) is 25.5 Å². The van der Waals surface area contributed by atoms with Gasteiger partial charge in [-0.25, -0.2) is 9.97 Å². The van der Waals surface area contributed by atoms with Crippen molar-refractivity contribution in [1.82, 2.24) is 15.3 Å². The predicted molar refractivity (Wildman–Crippen MR) is 70.8 cm³/mol. The molecular weight excluding hydrogens is 266 g/mol. The Morgan fingerprint density at radius 1 is 1.68 bits per heavy atom. The lowest BCUT2D eigenvalue weighted by molar-refractivity contribution is -0.119. The second kappa shape index (κ2) is 5.85. The quantitative estimate of drug-likeness (QED) is 0.877. The Hall–Kier alpha value is -1.87. The standard InChI is InChI=1S/C12H14ClN5O/c1-8(19)16-9-3-2-4-18(7-9)11-6-15-10(5-14)12(13)17-11/h6,9H,2-4,7H2,1H3,(H,16,19)/t9-/m1/s1. The summed E-state index contributed by atoms with van der Waals surface area (Å²) < 4.78 is 0. The van der Waals surface area contributed by atoms with Crippen molar-refractivity contribution in [2.75, 3.05) is 18.0 Å². The molecule has 1 aromatic rings. The van der Waals surface area contributed by atoms with Crippen molar-refractivity contribution in [2.45, 2.75) is 25.8 Å². The molecule has 1 atom stereocenters. The number of amides is 1. The number of nitrogens with zero attached hydrogens (tertiary/aromatic N) is 4. The Balaban J connectivity index is 2.11. The topological polar surface area (TPSA) is 81.9 Å². The first kappa shape index (κ1) is 13.6. The van der Waals surface area contributed by atoms with E-state index in [9.17, 15) is 4.79 Å². The number of piperidine rings is 1. The molecule has 0 saturated carbocycles. The van der Waals surface area contributed by atoms with Crippen molar-refractivity contribution in [3.05, 3.63) is 17.0 Å². The van der Waals surface area contributed by atoms with Crippen LogP contribution < -0.4 is 10.2 Å². The monoisotopic (exact) mass is 279 g/mol. The molecule has 1 amide bonds. The molecule has 0 bridgehead atoms. The van der Waals surface area contributed by atoms with E-state index in [1.807, 2.05) is 11.0 Å². The summed E-state index contributed by atoms with van der Waals surface area (Å²) in [5, 5.41) is 11.8. The summed E-state index contributed by atoms with van der Waals surface area (Å²) in [6.45, 7) is 3.03. The summed E-state index contributed by atoms with van der Waals surface area (Å²) in [7, 11) is 0. The highest BCUT2D eigenvalue weighted by Crippen LogP contribution is 2.20. The fraction of sp³-hybridized carbons (Fsp3) is 0.500. The van der Waals surface area contributed by atoms with Gasteiger partial charge in [-0.3, -0.25) is 4.79 Å². The van der Waals surface area contributed by atoms with Crippen LogP contribution in [0, 0.1) is 11.3 Å². The summed E-state index contributed by atoms with van der Waals surface area (Å²) in [4.78, 5) is 21.2. The van der Waals surface area contributed by atoms with E-state index in [1.54, 1.807) is 6.20 Å². The summed E-state index contributed by atoms with van der Waals surface area (Å²) in [5.41, 5.74) is 0.126. The molecule has 1 aliphatic rings. The van der Waals surface area contributed by atoms with Crippen LogP contribution in [-0.4, -0.2) is 35.0 Å². The number of halogens is 1. The van der Waals surface area contributed by atoms with Gasteiger partial charge >= 0.3 is 0 Å². The van der Waals surface area contributed by atoms with E-state index in [2.05, 4.69) is 15.3 Å². The fourth-order valence-electron chi connectivity index (χ4n) is 2.18. The lowest BCUT2D eigenvalue weighted by atomic mass is 10.1. The molecule has 7 heteroatoms. The molecule has 1 fully saturated rings. The molecule has 6 nitrogen and oxygen atoms in total. The van der Waals surface area contributed by atoms with Crippen molar-refractivity contribution in [3.8, 4) is 6.07 Å². The van der Waals surface area contributed by atoms with Crippen LogP contribution in [0.3, 0.4) is 0 Å². The van der Waals surface area contributed by atoms with Gasteiger partial charge in [0.25, 0.3) is 0 Å². The minimum Gasteiger partial charge on any atom is -0.353 e. The summed E-state index contributed by atoms with van der Waals surface area (Å²) in [6, 6.07) is 1.99. The molecule has 1 aliphatic heterocycles. The molecule has 0 aliphatic carbocycles. The third kappa shape index (κ3) is 3.32. The Bertz CT molecular complexity index is 527. The van der Waals surface area contributed by atoms with E-state index in [4.69, 9.17) is 16.9 Å². The highest BCUT2D eigenvalue weighted by Gasteiger charge is 2.22. The van der Waals surface area contributed by atoms with Crippen LogP contribution >= 0.6 is 11.6 Å². The molecule has 1 N–H and O–H groups in total. The summed E-state index contributed by atoms with van der Waals surface area (Å²) in [5.74, 6) is 0.606. The first-order valence-corrected chi connectivity index (χ1v) is 6.42. The van der Waals surface area contributed by atoms with Crippen LogP contribution in [0.4, 0.5) is 5.82 Å². The molecule has 100 valence electrons. The van der Waals surface area contributed by atoms with Gasteiger partial charge in [-0.2, -0.15) is 5.26 Å². The van der Waals surface area contributed by atoms with E-state index in [0.29, 0.717) is 12.4 Å². The van der Waals surface area contributed by atoms with Crippen LogP contribution in [0.25, 0.3) is 0 Å². The predicted octanol–water partition coefficient (Wildman–Crippen LogP) is 1.11. The molecule has 0 aromatic carbocycles. The maximum Gasteiger partial charge on any atom is 0.217 e. The van der Waals surface area contributed by atoms with Crippen LogP contribution in [0.5, 0.6) is 0 Å². The molecule has 0 spiro atoms. The second-order valence-electron chi connectivity index (χ2n) is 4.47. The Morgan fingerprint density at radius 2 is 2.47 bits per heavy atom. The first-order valence-electron chi connectivity index (χ1n) is 6.05. The first-order chi connectivity index (χ1) is 9.10. The number of hydrogen-bond acceptors (Lipinski definition) is 5. The van der Waals surface area contributed by atoms with Gasteiger partial charge in [-0.15, -0.1) is 0 Å². The average molecular weight is 280 g/mol. The van der Waals surface area contributed by atoms with Gasteiger partial charge in [0.15, 0.2) is 10.8 Å². The van der Waals surface area contributed by atoms with E-state index >= 15 is 0 Å². The van der Waals surface area contributed by atoms with Crippen LogP contribution in [0.2, 0.25) is 5.15 Å². The lowest BCUT2D eigenvalue weighted by Crippen LogP contribution is -2.47. The zero-order chi connectivity index (χ0) is 13.8.